The first-order valence-electron chi connectivity index (χ1n) is 5.03. The van der Waals surface area contributed by atoms with Gasteiger partial charge in [-0.3, -0.25) is 4.79 Å². The summed E-state index contributed by atoms with van der Waals surface area (Å²) in [6, 6.07) is 1.61. The van der Waals surface area contributed by atoms with E-state index in [-0.39, 0.29) is 11.9 Å². The summed E-state index contributed by atoms with van der Waals surface area (Å²) in [5.74, 6) is 0.320. The molecule has 0 aliphatic heterocycles. The zero-order valence-corrected chi connectivity index (χ0v) is 11.6. The van der Waals surface area contributed by atoms with Gasteiger partial charge in [0.25, 0.3) is 0 Å². The molecule has 0 saturated heterocycles. The van der Waals surface area contributed by atoms with Crippen molar-refractivity contribution < 1.29 is 9.53 Å². The van der Waals surface area contributed by atoms with Crippen molar-refractivity contribution in [1.82, 2.24) is 9.97 Å². The maximum Gasteiger partial charge on any atom is 0.310 e. The highest BCUT2D eigenvalue weighted by molar-refractivity contribution is 9.10. The summed E-state index contributed by atoms with van der Waals surface area (Å²) in [5.41, 5.74) is 5.61. The number of nitrogens with zero attached hydrogens (tertiary/aromatic N) is 3. The van der Waals surface area contributed by atoms with E-state index in [1.54, 1.807) is 24.9 Å². The molecule has 1 rings (SSSR count). The lowest BCUT2D eigenvalue weighted by Crippen LogP contribution is -2.30. The molecule has 1 aromatic rings. The number of nitrogens with two attached hydrogens (primary N) is 1. The Balaban J connectivity index is 2.75. The lowest BCUT2D eigenvalue weighted by Gasteiger charge is -2.20. The molecule has 0 aliphatic rings. The minimum Gasteiger partial charge on any atom is -0.469 e. The molecule has 0 radical (unpaired) electrons. The molecular formula is C10H15BrN4O2. The number of methoxy groups -OCH3 is 1. The third-order valence-electron chi connectivity index (χ3n) is 2.20. The molecule has 7 heteroatoms. The second-order valence-electron chi connectivity index (χ2n) is 3.72. The molecule has 0 amide bonds. The summed E-state index contributed by atoms with van der Waals surface area (Å²) in [7, 11) is 3.16. The van der Waals surface area contributed by atoms with Crippen molar-refractivity contribution in [3.8, 4) is 0 Å². The summed E-state index contributed by atoms with van der Waals surface area (Å²) in [4.78, 5) is 21.3. The Labute approximate surface area is 108 Å². The summed E-state index contributed by atoms with van der Waals surface area (Å²) >= 11 is 3.24. The van der Waals surface area contributed by atoms with Crippen LogP contribution >= 0.6 is 15.9 Å². The number of aromatic nitrogens is 2. The van der Waals surface area contributed by atoms with Gasteiger partial charge >= 0.3 is 5.97 Å². The number of anilines is 2. The molecule has 17 heavy (non-hydrogen) atoms. The first-order chi connectivity index (χ1) is 7.93. The zero-order valence-electron chi connectivity index (χ0n) is 9.98. The van der Waals surface area contributed by atoms with E-state index in [1.165, 1.54) is 7.11 Å². The van der Waals surface area contributed by atoms with Crippen LogP contribution in [0.1, 0.15) is 6.92 Å². The third-order valence-corrected chi connectivity index (χ3v) is 2.60. The summed E-state index contributed by atoms with van der Waals surface area (Å²) < 4.78 is 5.26. The highest BCUT2D eigenvalue weighted by Crippen LogP contribution is 2.16. The monoisotopic (exact) mass is 302 g/mol. The van der Waals surface area contributed by atoms with Crippen molar-refractivity contribution in [2.45, 2.75) is 6.92 Å². The Bertz CT molecular complexity index is 393. The summed E-state index contributed by atoms with van der Waals surface area (Å²) in [6.07, 6.45) is 0. The van der Waals surface area contributed by atoms with Crippen LogP contribution in [-0.2, 0) is 9.53 Å². The van der Waals surface area contributed by atoms with E-state index < -0.39 is 0 Å². The van der Waals surface area contributed by atoms with Gasteiger partial charge < -0.3 is 15.4 Å². The van der Waals surface area contributed by atoms with Crippen LogP contribution in [0.2, 0.25) is 0 Å². The number of carbonyl (C=O) groups is 1. The fourth-order valence-electron chi connectivity index (χ4n) is 1.36. The fraction of sp³-hybridized carbons (Fsp3) is 0.500. The normalized spacial score (nSPS) is 12.0. The molecule has 0 saturated carbocycles. The molecule has 0 spiro atoms. The average Bonchev–Trinajstić information content (AvgIpc) is 2.26. The van der Waals surface area contributed by atoms with Crippen LogP contribution in [0.3, 0.4) is 0 Å². The van der Waals surface area contributed by atoms with Gasteiger partial charge in [-0.15, -0.1) is 0 Å². The first kappa shape index (κ1) is 13.7. The smallest absolute Gasteiger partial charge is 0.310 e. The van der Waals surface area contributed by atoms with E-state index in [0.717, 1.165) is 0 Å². The third kappa shape index (κ3) is 3.85. The van der Waals surface area contributed by atoms with Crippen LogP contribution < -0.4 is 10.6 Å². The van der Waals surface area contributed by atoms with Crippen molar-refractivity contribution >= 4 is 33.7 Å². The van der Waals surface area contributed by atoms with Crippen LogP contribution in [0.25, 0.3) is 0 Å². The number of esters is 1. The molecule has 1 atom stereocenters. The molecule has 0 bridgehead atoms. The average molecular weight is 303 g/mol. The van der Waals surface area contributed by atoms with Crippen molar-refractivity contribution in [3.63, 3.8) is 0 Å². The van der Waals surface area contributed by atoms with Gasteiger partial charge in [0.2, 0.25) is 5.95 Å². The fourth-order valence-corrected chi connectivity index (χ4v) is 1.75. The Kier molecular flexibility index (Phi) is 4.68. The number of carbonyl (C=O) groups excluding carboxylic acids is 1. The topological polar surface area (TPSA) is 81.3 Å². The SMILES string of the molecule is COC(=O)C(C)CN(C)c1nc(N)cc(Br)n1. The number of hydrogen-bond acceptors (Lipinski definition) is 6. The van der Waals surface area contributed by atoms with Gasteiger partial charge in [-0.2, -0.15) is 4.98 Å². The molecule has 0 aliphatic carbocycles. The van der Waals surface area contributed by atoms with E-state index in [1.807, 2.05) is 0 Å². The number of rotatable bonds is 4. The van der Waals surface area contributed by atoms with Crippen LogP contribution in [0.5, 0.6) is 0 Å². The second-order valence-corrected chi connectivity index (χ2v) is 4.53. The molecule has 0 aromatic carbocycles. The number of hydrogen-bond donors (Lipinski definition) is 1. The summed E-state index contributed by atoms with van der Waals surface area (Å²) in [5, 5.41) is 0. The van der Waals surface area contributed by atoms with Gasteiger partial charge in [0.05, 0.1) is 13.0 Å². The Hall–Kier alpha value is -1.37. The van der Waals surface area contributed by atoms with E-state index >= 15 is 0 Å². The highest BCUT2D eigenvalue weighted by Gasteiger charge is 2.17. The largest absolute Gasteiger partial charge is 0.469 e. The minimum absolute atomic E-state index is 0.256. The second kappa shape index (κ2) is 5.81. The number of ether oxygens (including phenoxy) is 1. The quantitative estimate of drug-likeness (QED) is 0.662. The lowest BCUT2D eigenvalue weighted by atomic mass is 10.2. The van der Waals surface area contributed by atoms with Crippen molar-refractivity contribution in [2.24, 2.45) is 5.92 Å². The minimum atomic E-state index is -0.264. The number of halogens is 1. The van der Waals surface area contributed by atoms with Gasteiger partial charge in [0, 0.05) is 19.7 Å². The standard InChI is InChI=1S/C10H15BrN4O2/c1-6(9(16)17-3)5-15(2)10-13-7(11)4-8(12)14-10/h4,6H,5H2,1-3H3,(H2,12,13,14). The van der Waals surface area contributed by atoms with Crippen molar-refractivity contribution in [2.75, 3.05) is 31.3 Å². The highest BCUT2D eigenvalue weighted by atomic mass is 79.9. The molecule has 94 valence electrons. The molecule has 6 nitrogen and oxygen atoms in total. The number of nitrogen functional groups attached to an aromatic ring is 1. The molecule has 2 N–H and O–H groups in total. The molecular weight excluding hydrogens is 288 g/mol. The molecule has 1 heterocycles. The predicted molar refractivity (Wildman–Crippen MR) is 68.6 cm³/mol. The van der Waals surface area contributed by atoms with E-state index in [2.05, 4.69) is 30.6 Å². The van der Waals surface area contributed by atoms with Crippen LogP contribution in [0, 0.1) is 5.92 Å². The molecule has 1 unspecified atom stereocenters. The lowest BCUT2D eigenvalue weighted by molar-refractivity contribution is -0.144. The van der Waals surface area contributed by atoms with Crippen molar-refractivity contribution in [1.29, 1.82) is 0 Å². The van der Waals surface area contributed by atoms with E-state index in [4.69, 9.17) is 5.73 Å². The van der Waals surface area contributed by atoms with Crippen LogP contribution in [-0.4, -0.2) is 36.6 Å². The van der Waals surface area contributed by atoms with Gasteiger partial charge in [0.1, 0.15) is 10.4 Å². The van der Waals surface area contributed by atoms with Crippen molar-refractivity contribution in [3.05, 3.63) is 10.7 Å². The Morgan fingerprint density at radius 1 is 1.65 bits per heavy atom. The van der Waals surface area contributed by atoms with E-state index in [0.29, 0.717) is 22.9 Å². The van der Waals surface area contributed by atoms with Gasteiger partial charge in [-0.25, -0.2) is 4.98 Å². The van der Waals surface area contributed by atoms with Gasteiger partial charge in [0.15, 0.2) is 0 Å². The Morgan fingerprint density at radius 2 is 2.29 bits per heavy atom. The maximum atomic E-state index is 11.3. The maximum absolute atomic E-state index is 11.3. The van der Waals surface area contributed by atoms with Crippen LogP contribution in [0.4, 0.5) is 11.8 Å². The first-order valence-corrected chi connectivity index (χ1v) is 5.82. The predicted octanol–water partition coefficient (Wildman–Crippen LogP) is 1.07. The Morgan fingerprint density at radius 3 is 2.82 bits per heavy atom. The van der Waals surface area contributed by atoms with Gasteiger partial charge in [-0.1, -0.05) is 6.92 Å². The van der Waals surface area contributed by atoms with Crippen LogP contribution in [0.15, 0.2) is 10.7 Å². The van der Waals surface area contributed by atoms with Gasteiger partial charge in [-0.05, 0) is 15.9 Å². The zero-order chi connectivity index (χ0) is 13.0. The molecule has 0 fully saturated rings. The molecule has 1 aromatic heterocycles. The van der Waals surface area contributed by atoms with E-state index in [9.17, 15) is 4.79 Å². The summed E-state index contributed by atoms with van der Waals surface area (Å²) in [6.45, 7) is 2.24.